The van der Waals surface area contributed by atoms with Crippen LogP contribution in [0.1, 0.15) is 24.6 Å². The molecule has 0 amide bonds. The lowest BCUT2D eigenvalue weighted by molar-refractivity contribution is 0.459. The summed E-state index contributed by atoms with van der Waals surface area (Å²) in [6.07, 6.45) is 4.17. The molecular weight excluding hydrogens is 262 g/mol. The zero-order valence-corrected chi connectivity index (χ0v) is 12.1. The van der Waals surface area contributed by atoms with Crippen molar-refractivity contribution in [2.45, 2.75) is 26.3 Å². The van der Waals surface area contributed by atoms with Crippen LogP contribution in [-0.2, 0) is 13.0 Å². The smallest absolute Gasteiger partial charge is 0.242 e. The molecule has 3 rings (SSSR count). The number of imidazole rings is 1. The van der Waals surface area contributed by atoms with Gasteiger partial charge in [0.2, 0.25) is 5.88 Å². The van der Waals surface area contributed by atoms with Crippen LogP contribution >= 0.6 is 0 Å². The second-order valence-corrected chi connectivity index (χ2v) is 4.99. The molecule has 0 atom stereocenters. The van der Waals surface area contributed by atoms with Gasteiger partial charge in [0.05, 0.1) is 0 Å². The Morgan fingerprint density at radius 3 is 2.67 bits per heavy atom. The number of nitrogens with zero attached hydrogens (tertiary/aromatic N) is 2. The molecule has 0 unspecified atom stereocenters. The molecule has 0 saturated carbocycles. The van der Waals surface area contributed by atoms with Crippen molar-refractivity contribution < 1.29 is 4.74 Å². The van der Waals surface area contributed by atoms with E-state index in [1.165, 1.54) is 5.56 Å². The van der Waals surface area contributed by atoms with Gasteiger partial charge in [0.15, 0.2) is 0 Å². The Kier molecular flexibility index (Phi) is 3.88. The molecule has 0 bridgehead atoms. The highest BCUT2D eigenvalue weighted by Gasteiger charge is 2.12. The Hall–Kier alpha value is -2.33. The van der Waals surface area contributed by atoms with Gasteiger partial charge in [0.1, 0.15) is 17.1 Å². The first-order valence-corrected chi connectivity index (χ1v) is 7.24. The van der Waals surface area contributed by atoms with E-state index in [-0.39, 0.29) is 0 Å². The van der Waals surface area contributed by atoms with Crippen molar-refractivity contribution >= 4 is 5.65 Å². The van der Waals surface area contributed by atoms with Crippen molar-refractivity contribution in [3.05, 3.63) is 59.9 Å². The van der Waals surface area contributed by atoms with Gasteiger partial charge < -0.3 is 10.5 Å². The molecule has 2 N–H and O–H groups in total. The molecule has 4 nitrogen and oxygen atoms in total. The molecular formula is C17H19N3O. The maximum Gasteiger partial charge on any atom is 0.242 e. The van der Waals surface area contributed by atoms with Crippen molar-refractivity contribution in [1.29, 1.82) is 0 Å². The topological polar surface area (TPSA) is 52.5 Å². The van der Waals surface area contributed by atoms with E-state index in [2.05, 4.69) is 24.0 Å². The van der Waals surface area contributed by atoms with Crippen LogP contribution in [0.2, 0.25) is 0 Å². The standard InChI is InChI=1S/C17H19N3O/c1-2-5-13-7-9-14(10-8-13)21-17-15(12-18)20-11-4-3-6-16(20)19-17/h3-4,6-11H,2,5,12,18H2,1H3. The quantitative estimate of drug-likeness (QED) is 0.778. The average molecular weight is 281 g/mol. The number of rotatable bonds is 5. The predicted octanol–water partition coefficient (Wildman–Crippen LogP) is 3.54. The number of pyridine rings is 1. The van der Waals surface area contributed by atoms with Crippen LogP contribution in [0.15, 0.2) is 48.7 Å². The van der Waals surface area contributed by atoms with E-state index in [1.807, 2.05) is 40.9 Å². The summed E-state index contributed by atoms with van der Waals surface area (Å²) in [7, 11) is 0. The summed E-state index contributed by atoms with van der Waals surface area (Å²) in [5.74, 6) is 1.36. The zero-order chi connectivity index (χ0) is 14.7. The Labute approximate surface area is 124 Å². The molecule has 0 aliphatic heterocycles. The highest BCUT2D eigenvalue weighted by molar-refractivity contribution is 5.46. The maximum absolute atomic E-state index is 5.91. The monoisotopic (exact) mass is 281 g/mol. The third-order valence-corrected chi connectivity index (χ3v) is 3.46. The van der Waals surface area contributed by atoms with Gasteiger partial charge in [0.25, 0.3) is 0 Å². The van der Waals surface area contributed by atoms with E-state index in [9.17, 15) is 0 Å². The number of aryl methyl sites for hydroxylation is 1. The molecule has 2 heterocycles. The lowest BCUT2D eigenvalue weighted by atomic mass is 10.1. The summed E-state index contributed by atoms with van der Waals surface area (Å²) in [5, 5.41) is 0. The molecule has 108 valence electrons. The van der Waals surface area contributed by atoms with Crippen molar-refractivity contribution in [2.75, 3.05) is 0 Å². The fourth-order valence-electron chi connectivity index (χ4n) is 2.42. The molecule has 0 aliphatic carbocycles. The number of aromatic nitrogens is 2. The van der Waals surface area contributed by atoms with E-state index in [0.29, 0.717) is 12.4 Å². The summed E-state index contributed by atoms with van der Waals surface area (Å²) in [6.45, 7) is 2.56. The third kappa shape index (κ3) is 2.76. The Morgan fingerprint density at radius 2 is 1.95 bits per heavy atom. The van der Waals surface area contributed by atoms with E-state index < -0.39 is 0 Å². The zero-order valence-electron chi connectivity index (χ0n) is 12.1. The number of hydrogen-bond donors (Lipinski definition) is 1. The Balaban J connectivity index is 1.90. The van der Waals surface area contributed by atoms with Crippen molar-refractivity contribution in [2.24, 2.45) is 5.73 Å². The van der Waals surface area contributed by atoms with Gasteiger partial charge in [-0.15, -0.1) is 0 Å². The number of fused-ring (bicyclic) bond motifs is 1. The first kappa shape index (κ1) is 13.6. The summed E-state index contributed by atoms with van der Waals surface area (Å²) in [4.78, 5) is 4.50. The summed E-state index contributed by atoms with van der Waals surface area (Å²) >= 11 is 0. The highest BCUT2D eigenvalue weighted by Crippen LogP contribution is 2.26. The van der Waals surface area contributed by atoms with Gasteiger partial charge in [-0.1, -0.05) is 31.5 Å². The molecule has 4 heteroatoms. The Bertz CT molecular complexity index is 731. The molecule has 0 saturated heterocycles. The van der Waals surface area contributed by atoms with Crippen LogP contribution in [0, 0.1) is 0 Å². The average Bonchev–Trinajstić information content (AvgIpc) is 2.86. The molecule has 1 aromatic carbocycles. The fraction of sp³-hybridized carbons (Fsp3) is 0.235. The third-order valence-electron chi connectivity index (χ3n) is 3.46. The molecule has 21 heavy (non-hydrogen) atoms. The molecule has 0 aliphatic rings. The first-order chi connectivity index (χ1) is 10.3. The van der Waals surface area contributed by atoms with Crippen LogP contribution in [0.25, 0.3) is 5.65 Å². The van der Waals surface area contributed by atoms with Gasteiger partial charge in [-0.25, -0.2) is 0 Å². The SMILES string of the molecule is CCCc1ccc(Oc2nc3ccccn3c2CN)cc1. The fourth-order valence-corrected chi connectivity index (χ4v) is 2.42. The minimum atomic E-state index is 0.383. The number of nitrogens with two attached hydrogens (primary N) is 1. The van der Waals surface area contributed by atoms with Crippen molar-refractivity contribution in [3.63, 3.8) is 0 Å². The number of ether oxygens (including phenoxy) is 1. The van der Waals surface area contributed by atoms with Crippen molar-refractivity contribution in [3.8, 4) is 11.6 Å². The molecule has 0 spiro atoms. The lowest BCUT2D eigenvalue weighted by Crippen LogP contribution is -2.02. The largest absolute Gasteiger partial charge is 0.437 e. The van der Waals surface area contributed by atoms with Crippen LogP contribution in [0.5, 0.6) is 11.6 Å². The van der Waals surface area contributed by atoms with Gasteiger partial charge in [-0.3, -0.25) is 4.40 Å². The second-order valence-electron chi connectivity index (χ2n) is 4.99. The van der Waals surface area contributed by atoms with Gasteiger partial charge in [0, 0.05) is 12.7 Å². The van der Waals surface area contributed by atoms with Gasteiger partial charge in [-0.2, -0.15) is 4.98 Å². The van der Waals surface area contributed by atoms with Crippen LogP contribution < -0.4 is 10.5 Å². The first-order valence-electron chi connectivity index (χ1n) is 7.24. The molecule has 2 aromatic heterocycles. The summed E-state index contributed by atoms with van der Waals surface area (Å²) in [5.41, 5.74) is 8.88. The maximum atomic E-state index is 5.91. The van der Waals surface area contributed by atoms with E-state index in [4.69, 9.17) is 10.5 Å². The summed E-state index contributed by atoms with van der Waals surface area (Å²) in [6, 6.07) is 14.0. The van der Waals surface area contributed by atoms with Gasteiger partial charge in [-0.05, 0) is 36.2 Å². The second kappa shape index (κ2) is 5.97. The normalized spacial score (nSPS) is 11.0. The van der Waals surface area contributed by atoms with Gasteiger partial charge >= 0.3 is 0 Å². The van der Waals surface area contributed by atoms with Crippen LogP contribution in [0.4, 0.5) is 0 Å². The molecule has 0 fully saturated rings. The van der Waals surface area contributed by atoms with E-state index in [0.717, 1.165) is 29.9 Å². The highest BCUT2D eigenvalue weighted by atomic mass is 16.5. The lowest BCUT2D eigenvalue weighted by Gasteiger charge is -2.06. The Morgan fingerprint density at radius 1 is 1.14 bits per heavy atom. The van der Waals surface area contributed by atoms with E-state index >= 15 is 0 Å². The molecule has 0 radical (unpaired) electrons. The minimum absolute atomic E-state index is 0.383. The van der Waals surface area contributed by atoms with Crippen LogP contribution in [0.3, 0.4) is 0 Å². The molecule has 3 aromatic rings. The van der Waals surface area contributed by atoms with Crippen molar-refractivity contribution in [1.82, 2.24) is 9.38 Å². The number of benzene rings is 1. The predicted molar refractivity (Wildman–Crippen MR) is 83.6 cm³/mol. The minimum Gasteiger partial charge on any atom is -0.437 e. The number of hydrogen-bond acceptors (Lipinski definition) is 3. The van der Waals surface area contributed by atoms with E-state index in [1.54, 1.807) is 0 Å². The summed E-state index contributed by atoms with van der Waals surface area (Å²) < 4.78 is 7.87. The van der Waals surface area contributed by atoms with Crippen LogP contribution in [-0.4, -0.2) is 9.38 Å².